The number of fused-ring (bicyclic) bond motifs is 1. The highest BCUT2D eigenvalue weighted by molar-refractivity contribution is 5.91. The predicted molar refractivity (Wildman–Crippen MR) is 100 cm³/mol. The van der Waals surface area contributed by atoms with Crippen LogP contribution in [-0.4, -0.2) is 40.2 Å². The van der Waals surface area contributed by atoms with Gasteiger partial charge in [0.05, 0.1) is 6.10 Å². The minimum Gasteiger partial charge on any atom is -0.440 e. The Morgan fingerprint density at radius 2 is 2.08 bits per heavy atom. The van der Waals surface area contributed by atoms with E-state index in [-0.39, 0.29) is 17.4 Å². The van der Waals surface area contributed by atoms with E-state index in [0.717, 1.165) is 36.3 Å². The van der Waals surface area contributed by atoms with Crippen molar-refractivity contribution >= 4 is 22.8 Å². The Balaban J connectivity index is 1.42. The number of benzene rings is 1. The van der Waals surface area contributed by atoms with Crippen molar-refractivity contribution in [2.75, 3.05) is 18.4 Å². The van der Waals surface area contributed by atoms with Crippen molar-refractivity contribution in [2.24, 2.45) is 11.3 Å². The average molecular weight is 357 g/mol. The molecule has 0 bridgehead atoms. The van der Waals surface area contributed by atoms with Crippen LogP contribution in [0.3, 0.4) is 0 Å². The number of hydrogen-bond acceptors (Lipinski definition) is 4. The van der Waals surface area contributed by atoms with Crippen LogP contribution in [0.2, 0.25) is 0 Å². The molecule has 2 aliphatic rings. The van der Waals surface area contributed by atoms with Gasteiger partial charge < -0.3 is 19.7 Å². The molecule has 2 aromatic rings. The predicted octanol–water partition coefficient (Wildman–Crippen LogP) is 3.97. The molecule has 2 heterocycles. The molecule has 1 saturated carbocycles. The third-order valence-electron chi connectivity index (χ3n) is 5.56. The fourth-order valence-electron chi connectivity index (χ4n) is 3.86. The summed E-state index contributed by atoms with van der Waals surface area (Å²) in [5, 5.41) is 13.4. The van der Waals surface area contributed by atoms with E-state index in [1.165, 1.54) is 0 Å². The molecule has 1 saturated heterocycles. The van der Waals surface area contributed by atoms with Gasteiger partial charge in [-0.3, -0.25) is 0 Å². The van der Waals surface area contributed by atoms with Gasteiger partial charge in [-0.05, 0) is 48.8 Å². The minimum atomic E-state index is -0.492. The number of carbonyl (C=O) groups is 1. The van der Waals surface area contributed by atoms with E-state index in [4.69, 9.17) is 4.42 Å². The Labute approximate surface area is 153 Å². The molecule has 26 heavy (non-hydrogen) atoms. The monoisotopic (exact) mass is 357 g/mol. The number of likely N-dealkylation sites (tertiary alicyclic amines) is 1. The van der Waals surface area contributed by atoms with Crippen molar-refractivity contribution in [3.05, 3.63) is 24.1 Å². The maximum absolute atomic E-state index is 12.6. The van der Waals surface area contributed by atoms with Crippen molar-refractivity contribution in [3.63, 3.8) is 0 Å². The molecule has 1 aromatic carbocycles. The Kier molecular flexibility index (Phi) is 4.18. The summed E-state index contributed by atoms with van der Waals surface area (Å²) in [6.45, 7) is 7.44. The highest BCUT2D eigenvalue weighted by Crippen LogP contribution is 2.40. The molecule has 6 heteroatoms. The lowest BCUT2D eigenvalue weighted by Crippen LogP contribution is -2.51. The number of carbonyl (C=O) groups excluding carboxylic acids is 1. The van der Waals surface area contributed by atoms with Crippen LogP contribution in [-0.2, 0) is 0 Å². The maximum Gasteiger partial charge on any atom is 0.321 e. The number of nitrogens with zero attached hydrogens (tertiary/aromatic N) is 2. The molecule has 2 atom stereocenters. The van der Waals surface area contributed by atoms with Crippen molar-refractivity contribution in [1.82, 2.24) is 9.88 Å². The summed E-state index contributed by atoms with van der Waals surface area (Å²) in [6.07, 6.45) is 2.60. The summed E-state index contributed by atoms with van der Waals surface area (Å²) in [7, 11) is 0. The molecule has 1 aliphatic carbocycles. The van der Waals surface area contributed by atoms with Gasteiger partial charge in [-0.1, -0.05) is 20.8 Å². The normalized spacial score (nSPS) is 24.1. The number of β-amino-alcohol motifs (C(OH)–C–C–N with tert-alkyl or cyclic N) is 1. The number of nitrogens with one attached hydrogen (secondary N) is 1. The molecule has 0 spiro atoms. The van der Waals surface area contributed by atoms with Gasteiger partial charge in [-0.15, -0.1) is 0 Å². The quantitative estimate of drug-likeness (QED) is 0.852. The van der Waals surface area contributed by atoms with Gasteiger partial charge in [0, 0.05) is 24.7 Å². The number of rotatable bonds is 2. The van der Waals surface area contributed by atoms with Crippen molar-refractivity contribution in [2.45, 2.75) is 52.1 Å². The van der Waals surface area contributed by atoms with Gasteiger partial charge in [0.25, 0.3) is 0 Å². The first kappa shape index (κ1) is 17.3. The van der Waals surface area contributed by atoms with Crippen LogP contribution >= 0.6 is 0 Å². The van der Waals surface area contributed by atoms with Gasteiger partial charge in [0.2, 0.25) is 0 Å². The zero-order valence-corrected chi connectivity index (χ0v) is 15.7. The summed E-state index contributed by atoms with van der Waals surface area (Å²) >= 11 is 0. The molecule has 2 fully saturated rings. The van der Waals surface area contributed by atoms with Crippen molar-refractivity contribution < 1.29 is 14.3 Å². The SMILES string of the molecule is CC(C)(C)[C@H]1CCN(C(=O)Nc2ccc3oc(C4CC4)nc3c2)C[C@@H]1O. The summed E-state index contributed by atoms with van der Waals surface area (Å²) in [5.41, 5.74) is 2.27. The van der Waals surface area contributed by atoms with E-state index in [0.29, 0.717) is 24.7 Å². The van der Waals surface area contributed by atoms with E-state index in [2.05, 4.69) is 31.1 Å². The maximum atomic E-state index is 12.6. The number of urea groups is 1. The minimum absolute atomic E-state index is 0.0409. The van der Waals surface area contributed by atoms with Crippen LogP contribution in [0.15, 0.2) is 22.6 Å². The van der Waals surface area contributed by atoms with Crippen LogP contribution in [0.5, 0.6) is 0 Å². The topological polar surface area (TPSA) is 78.6 Å². The lowest BCUT2D eigenvalue weighted by Gasteiger charge is -2.42. The van der Waals surface area contributed by atoms with Crippen LogP contribution in [0, 0.1) is 11.3 Å². The van der Waals surface area contributed by atoms with Gasteiger partial charge >= 0.3 is 6.03 Å². The Morgan fingerprint density at radius 1 is 1.31 bits per heavy atom. The summed E-state index contributed by atoms with van der Waals surface area (Å²) in [6, 6.07) is 5.35. The average Bonchev–Trinajstić information content (AvgIpc) is 3.33. The first-order chi connectivity index (χ1) is 12.3. The highest BCUT2D eigenvalue weighted by atomic mass is 16.3. The fourth-order valence-corrected chi connectivity index (χ4v) is 3.86. The Morgan fingerprint density at radius 3 is 2.73 bits per heavy atom. The van der Waals surface area contributed by atoms with Gasteiger partial charge in [-0.25, -0.2) is 9.78 Å². The Hall–Kier alpha value is -2.08. The van der Waals surface area contributed by atoms with E-state index in [9.17, 15) is 9.90 Å². The first-order valence-electron chi connectivity index (χ1n) is 9.46. The standard InChI is InChI=1S/C20H27N3O3/c1-20(2,3)14-8-9-23(11-16(14)24)19(25)21-13-6-7-17-15(10-13)22-18(26-17)12-4-5-12/h6-7,10,12,14,16,24H,4-5,8-9,11H2,1-3H3,(H,21,25)/t14-,16-/m0/s1. The zero-order chi connectivity index (χ0) is 18.5. The number of anilines is 1. The third-order valence-corrected chi connectivity index (χ3v) is 5.56. The molecule has 2 N–H and O–H groups in total. The number of aliphatic hydroxyl groups excluding tert-OH is 1. The van der Waals surface area contributed by atoms with E-state index in [1.807, 2.05) is 18.2 Å². The van der Waals surface area contributed by atoms with Crippen LogP contribution in [0.4, 0.5) is 10.5 Å². The van der Waals surface area contributed by atoms with E-state index < -0.39 is 6.10 Å². The molecule has 0 unspecified atom stereocenters. The van der Waals surface area contributed by atoms with E-state index in [1.54, 1.807) is 4.90 Å². The molecule has 2 amide bonds. The lowest BCUT2D eigenvalue weighted by molar-refractivity contribution is -0.0107. The van der Waals surface area contributed by atoms with Gasteiger partial charge in [0.15, 0.2) is 11.5 Å². The second kappa shape index (κ2) is 6.27. The molecule has 140 valence electrons. The molecule has 1 aromatic heterocycles. The summed E-state index contributed by atoms with van der Waals surface area (Å²) < 4.78 is 5.76. The number of amides is 2. The number of aromatic nitrogens is 1. The first-order valence-corrected chi connectivity index (χ1v) is 9.46. The largest absolute Gasteiger partial charge is 0.440 e. The summed E-state index contributed by atoms with van der Waals surface area (Å²) in [5.74, 6) is 1.47. The third kappa shape index (κ3) is 3.43. The number of aliphatic hydroxyl groups is 1. The van der Waals surface area contributed by atoms with Gasteiger partial charge in [0.1, 0.15) is 5.52 Å². The smallest absolute Gasteiger partial charge is 0.321 e. The number of oxazole rings is 1. The lowest BCUT2D eigenvalue weighted by atomic mass is 9.74. The van der Waals surface area contributed by atoms with Crippen LogP contribution in [0.25, 0.3) is 11.1 Å². The molecule has 6 nitrogen and oxygen atoms in total. The molecule has 4 rings (SSSR count). The molecular formula is C20H27N3O3. The number of hydrogen-bond donors (Lipinski definition) is 2. The number of piperidine rings is 1. The van der Waals surface area contributed by atoms with Gasteiger partial charge in [-0.2, -0.15) is 0 Å². The molecule has 1 aliphatic heterocycles. The summed E-state index contributed by atoms with van der Waals surface area (Å²) in [4.78, 5) is 18.8. The second-order valence-corrected chi connectivity index (χ2v) is 8.71. The van der Waals surface area contributed by atoms with Crippen LogP contribution < -0.4 is 5.32 Å². The van der Waals surface area contributed by atoms with E-state index >= 15 is 0 Å². The van der Waals surface area contributed by atoms with Crippen molar-refractivity contribution in [1.29, 1.82) is 0 Å². The molecule has 0 radical (unpaired) electrons. The van der Waals surface area contributed by atoms with Crippen LogP contribution in [0.1, 0.15) is 51.8 Å². The molecular weight excluding hydrogens is 330 g/mol. The fraction of sp³-hybridized carbons (Fsp3) is 0.600. The van der Waals surface area contributed by atoms with Crippen molar-refractivity contribution in [3.8, 4) is 0 Å². The Bertz CT molecular complexity index is 819. The highest BCUT2D eigenvalue weighted by Gasteiger charge is 2.37. The second-order valence-electron chi connectivity index (χ2n) is 8.71. The zero-order valence-electron chi connectivity index (χ0n) is 15.7.